The number of aromatic nitrogens is 1. The van der Waals surface area contributed by atoms with Crippen LogP contribution in [0.4, 0.5) is 23.1 Å². The first-order valence-corrected chi connectivity index (χ1v) is 9.70. The van der Waals surface area contributed by atoms with Gasteiger partial charge in [0.15, 0.2) is 10.8 Å². The zero-order valence-electron chi connectivity index (χ0n) is 16.0. The third kappa shape index (κ3) is 5.30. The molecule has 1 saturated heterocycles. The molecule has 1 aromatic heterocycles. The van der Waals surface area contributed by atoms with Gasteiger partial charge < -0.3 is 14.4 Å². The van der Waals surface area contributed by atoms with Gasteiger partial charge in [-0.15, -0.1) is 11.3 Å². The molecular weight excluding hydrogens is 409 g/mol. The molecule has 1 aliphatic rings. The van der Waals surface area contributed by atoms with Crippen LogP contribution in [0.2, 0.25) is 0 Å². The zero-order chi connectivity index (χ0) is 21.0. The number of nitrogens with one attached hydrogen (secondary N) is 1. The number of benzene rings is 1. The second-order valence-corrected chi connectivity index (χ2v) is 7.26. The van der Waals surface area contributed by atoms with Gasteiger partial charge in [0, 0.05) is 43.7 Å². The molecule has 0 radical (unpaired) electrons. The summed E-state index contributed by atoms with van der Waals surface area (Å²) in [5, 5.41) is 3.26. The van der Waals surface area contributed by atoms with Gasteiger partial charge in [0.05, 0.1) is 14.2 Å². The van der Waals surface area contributed by atoms with Crippen LogP contribution < -0.4 is 14.8 Å². The van der Waals surface area contributed by atoms with Crippen molar-refractivity contribution in [1.29, 1.82) is 0 Å². The van der Waals surface area contributed by atoms with Crippen molar-refractivity contribution >= 4 is 22.5 Å². The Balaban J connectivity index is 1.54. The summed E-state index contributed by atoms with van der Waals surface area (Å²) in [6, 6.07) is 5.14. The number of urea groups is 1. The fraction of sp³-hybridized carbons (Fsp3) is 0.444. The van der Waals surface area contributed by atoms with Gasteiger partial charge in [0.1, 0.15) is 11.5 Å². The maximum absolute atomic E-state index is 12.6. The van der Waals surface area contributed by atoms with E-state index in [1.54, 1.807) is 19.1 Å². The predicted molar refractivity (Wildman–Crippen MR) is 103 cm³/mol. The number of alkyl halides is 3. The molecule has 2 amide bonds. The van der Waals surface area contributed by atoms with E-state index in [9.17, 15) is 18.0 Å². The first-order valence-electron chi connectivity index (χ1n) is 8.82. The number of nitrogens with zero attached hydrogens (tertiary/aromatic N) is 3. The van der Waals surface area contributed by atoms with Crippen LogP contribution in [0.25, 0.3) is 0 Å². The number of piperazine rings is 1. The molecule has 158 valence electrons. The van der Waals surface area contributed by atoms with Gasteiger partial charge in [0.2, 0.25) is 0 Å². The molecule has 0 spiro atoms. The van der Waals surface area contributed by atoms with Crippen LogP contribution in [0.1, 0.15) is 11.3 Å². The van der Waals surface area contributed by atoms with Crippen LogP contribution in [0.3, 0.4) is 0 Å². The largest absolute Gasteiger partial charge is 0.497 e. The zero-order valence-corrected chi connectivity index (χ0v) is 16.8. The van der Waals surface area contributed by atoms with Crippen LogP contribution in [-0.4, -0.2) is 61.2 Å². The second-order valence-electron chi connectivity index (χ2n) is 6.41. The maximum atomic E-state index is 12.6. The summed E-state index contributed by atoms with van der Waals surface area (Å²) in [7, 11) is 3.21. The van der Waals surface area contributed by atoms with Crippen molar-refractivity contribution in [3.63, 3.8) is 0 Å². The monoisotopic (exact) mass is 430 g/mol. The third-order valence-electron chi connectivity index (χ3n) is 4.55. The van der Waals surface area contributed by atoms with Crippen molar-refractivity contribution in [2.75, 3.05) is 45.7 Å². The first-order chi connectivity index (χ1) is 13.8. The molecule has 11 heteroatoms. The summed E-state index contributed by atoms with van der Waals surface area (Å²) >= 11 is 0.753. The number of methoxy groups -OCH3 is 2. The highest BCUT2D eigenvalue weighted by atomic mass is 32.1. The lowest BCUT2D eigenvalue weighted by molar-refractivity contribution is -0.140. The van der Waals surface area contributed by atoms with Crippen LogP contribution in [0.15, 0.2) is 23.6 Å². The van der Waals surface area contributed by atoms with E-state index in [4.69, 9.17) is 9.47 Å². The summed E-state index contributed by atoms with van der Waals surface area (Å²) in [6.45, 7) is 2.79. The summed E-state index contributed by atoms with van der Waals surface area (Å²) in [5.74, 6) is 1.50. The summed E-state index contributed by atoms with van der Waals surface area (Å²) in [6.07, 6.45) is -4.52. The van der Waals surface area contributed by atoms with Gasteiger partial charge in [-0.05, 0) is 18.2 Å². The van der Waals surface area contributed by atoms with Crippen molar-refractivity contribution in [2.45, 2.75) is 12.7 Å². The van der Waals surface area contributed by atoms with E-state index in [1.165, 1.54) is 0 Å². The molecule has 1 N–H and O–H groups in total. The molecular formula is C18H21F3N4O3S. The fourth-order valence-electron chi connectivity index (χ4n) is 2.99. The SMILES string of the molecule is COc1ccc(OC)c(CN2CCN(C(=O)Nc3nc(C(F)(F)F)cs3)CC2)c1. The van der Waals surface area contributed by atoms with Gasteiger partial charge in [-0.1, -0.05) is 0 Å². The molecule has 0 unspecified atom stereocenters. The second kappa shape index (κ2) is 8.87. The normalized spacial score (nSPS) is 15.3. The minimum absolute atomic E-state index is 0.0640. The summed E-state index contributed by atoms with van der Waals surface area (Å²) < 4.78 is 48.5. The number of hydrogen-bond acceptors (Lipinski definition) is 6. The smallest absolute Gasteiger partial charge is 0.434 e. The van der Waals surface area contributed by atoms with E-state index in [-0.39, 0.29) is 5.13 Å². The number of carbonyl (C=O) groups is 1. The maximum Gasteiger partial charge on any atom is 0.434 e. The average Bonchev–Trinajstić information content (AvgIpc) is 3.17. The van der Waals surface area contributed by atoms with Crippen molar-refractivity contribution in [3.05, 3.63) is 34.8 Å². The first kappa shape index (κ1) is 21.2. The van der Waals surface area contributed by atoms with Crippen LogP contribution in [-0.2, 0) is 12.7 Å². The Morgan fingerprint density at radius 3 is 2.52 bits per heavy atom. The highest BCUT2D eigenvalue weighted by molar-refractivity contribution is 7.13. The molecule has 0 aliphatic carbocycles. The number of halogens is 3. The van der Waals surface area contributed by atoms with E-state index in [1.807, 2.05) is 18.2 Å². The summed E-state index contributed by atoms with van der Waals surface area (Å²) in [5.41, 5.74) is -0.0259. The Labute approximate surface area is 170 Å². The van der Waals surface area contributed by atoms with Gasteiger partial charge in [-0.25, -0.2) is 9.78 Å². The number of thiazole rings is 1. The molecule has 2 heterocycles. The van der Waals surface area contributed by atoms with E-state index in [2.05, 4.69) is 15.2 Å². The quantitative estimate of drug-likeness (QED) is 0.786. The minimum Gasteiger partial charge on any atom is -0.497 e. The lowest BCUT2D eigenvalue weighted by Crippen LogP contribution is -2.49. The Morgan fingerprint density at radius 1 is 1.21 bits per heavy atom. The summed E-state index contributed by atoms with van der Waals surface area (Å²) in [4.78, 5) is 19.5. The molecule has 0 bridgehead atoms. The number of rotatable bonds is 5. The molecule has 1 aromatic carbocycles. The van der Waals surface area contributed by atoms with Crippen molar-refractivity contribution in [2.24, 2.45) is 0 Å². The van der Waals surface area contributed by atoms with Crippen LogP contribution >= 0.6 is 11.3 Å². The van der Waals surface area contributed by atoms with E-state index in [0.29, 0.717) is 32.7 Å². The van der Waals surface area contributed by atoms with E-state index < -0.39 is 17.9 Å². The molecule has 3 rings (SSSR count). The Bertz CT molecular complexity index is 851. The molecule has 7 nitrogen and oxygen atoms in total. The van der Waals surface area contributed by atoms with Crippen molar-refractivity contribution in [1.82, 2.24) is 14.8 Å². The molecule has 1 fully saturated rings. The number of anilines is 1. The lowest BCUT2D eigenvalue weighted by atomic mass is 10.1. The Morgan fingerprint density at radius 2 is 1.93 bits per heavy atom. The number of hydrogen-bond donors (Lipinski definition) is 1. The fourth-order valence-corrected chi connectivity index (χ4v) is 3.69. The van der Waals surface area contributed by atoms with E-state index >= 15 is 0 Å². The Kier molecular flexibility index (Phi) is 6.48. The third-order valence-corrected chi connectivity index (χ3v) is 5.31. The lowest BCUT2D eigenvalue weighted by Gasteiger charge is -2.34. The van der Waals surface area contributed by atoms with Gasteiger partial charge >= 0.3 is 12.2 Å². The molecule has 0 saturated carbocycles. The van der Waals surface area contributed by atoms with Gasteiger partial charge in [0.25, 0.3) is 0 Å². The number of carbonyl (C=O) groups excluding carboxylic acids is 1. The standard InChI is InChI=1S/C18H21F3N4O3S/c1-27-13-3-4-14(28-2)12(9-13)10-24-5-7-25(8-6-24)17(26)23-16-22-15(11-29-16)18(19,20)21/h3-4,9,11H,5-8,10H2,1-2H3,(H,22,23,26). The molecule has 1 aliphatic heterocycles. The van der Waals surface area contributed by atoms with E-state index in [0.717, 1.165) is 33.8 Å². The molecule has 0 atom stereocenters. The van der Waals surface area contributed by atoms with Crippen molar-refractivity contribution < 1.29 is 27.4 Å². The predicted octanol–water partition coefficient (Wildman–Crippen LogP) is 3.53. The van der Waals surface area contributed by atoms with Crippen molar-refractivity contribution in [3.8, 4) is 11.5 Å². The van der Waals surface area contributed by atoms with Gasteiger partial charge in [-0.3, -0.25) is 10.2 Å². The highest BCUT2D eigenvalue weighted by Crippen LogP contribution is 2.31. The minimum atomic E-state index is -4.52. The van der Waals surface area contributed by atoms with Crippen LogP contribution in [0, 0.1) is 0 Å². The highest BCUT2D eigenvalue weighted by Gasteiger charge is 2.34. The number of amides is 2. The average molecular weight is 430 g/mol. The number of ether oxygens (including phenoxy) is 2. The topological polar surface area (TPSA) is 66.9 Å². The molecule has 29 heavy (non-hydrogen) atoms. The Hall–Kier alpha value is -2.53. The molecule has 2 aromatic rings. The van der Waals surface area contributed by atoms with Gasteiger partial charge in [-0.2, -0.15) is 13.2 Å². The van der Waals surface area contributed by atoms with Crippen LogP contribution in [0.5, 0.6) is 11.5 Å².